The first-order valence-corrected chi connectivity index (χ1v) is 9.22. The van der Waals surface area contributed by atoms with Gasteiger partial charge in [0.15, 0.2) is 0 Å². The Kier molecular flexibility index (Phi) is 4.59. The molecule has 0 unspecified atom stereocenters. The molecular weight excluding hydrogens is 336 g/mol. The maximum atomic E-state index is 12.1. The highest BCUT2D eigenvalue weighted by molar-refractivity contribution is 5.88. The molecule has 0 radical (unpaired) electrons. The van der Waals surface area contributed by atoms with Crippen molar-refractivity contribution in [3.8, 4) is 22.4 Å². The summed E-state index contributed by atoms with van der Waals surface area (Å²) >= 11 is 0. The number of benzene rings is 1. The van der Waals surface area contributed by atoms with Crippen LogP contribution in [0.4, 0.5) is 0 Å². The summed E-state index contributed by atoms with van der Waals surface area (Å²) in [6, 6.07) is 12.6. The van der Waals surface area contributed by atoms with E-state index in [1.54, 1.807) is 12.4 Å². The van der Waals surface area contributed by atoms with E-state index in [0.29, 0.717) is 19.6 Å². The Morgan fingerprint density at radius 1 is 1.11 bits per heavy atom. The molecule has 1 aliphatic heterocycles. The molecule has 0 bridgehead atoms. The van der Waals surface area contributed by atoms with Crippen LogP contribution >= 0.6 is 0 Å². The third-order valence-corrected chi connectivity index (χ3v) is 5.07. The molecule has 4 rings (SSSR count). The Bertz CT molecular complexity index is 974. The maximum absolute atomic E-state index is 12.1. The molecular formula is C22H22N4O. The Hall–Kier alpha value is -3.21. The van der Waals surface area contributed by atoms with Gasteiger partial charge in [-0.2, -0.15) is 5.10 Å². The van der Waals surface area contributed by atoms with Crippen molar-refractivity contribution in [3.05, 3.63) is 72.7 Å². The van der Waals surface area contributed by atoms with Gasteiger partial charge in [-0.3, -0.25) is 14.5 Å². The van der Waals surface area contributed by atoms with Crippen LogP contribution in [0.1, 0.15) is 18.2 Å². The lowest BCUT2D eigenvalue weighted by Gasteiger charge is -2.27. The molecule has 3 aromatic rings. The molecule has 3 heterocycles. The first-order chi connectivity index (χ1) is 13.2. The zero-order valence-corrected chi connectivity index (χ0v) is 15.4. The molecule has 1 amide bonds. The van der Waals surface area contributed by atoms with Crippen molar-refractivity contribution in [3.63, 3.8) is 0 Å². The summed E-state index contributed by atoms with van der Waals surface area (Å²) < 4.78 is 2.03. The van der Waals surface area contributed by atoms with Crippen LogP contribution in [0.2, 0.25) is 0 Å². The number of fused-ring (bicyclic) bond motifs is 1. The first kappa shape index (κ1) is 17.2. The van der Waals surface area contributed by atoms with Crippen molar-refractivity contribution in [1.82, 2.24) is 19.7 Å². The van der Waals surface area contributed by atoms with E-state index in [4.69, 9.17) is 5.10 Å². The van der Waals surface area contributed by atoms with Crippen LogP contribution < -0.4 is 0 Å². The molecule has 27 heavy (non-hydrogen) atoms. The van der Waals surface area contributed by atoms with E-state index < -0.39 is 0 Å². The van der Waals surface area contributed by atoms with Crippen molar-refractivity contribution < 1.29 is 4.79 Å². The van der Waals surface area contributed by atoms with Crippen LogP contribution in [0.5, 0.6) is 0 Å². The normalized spacial score (nSPS) is 13.3. The van der Waals surface area contributed by atoms with E-state index in [1.807, 2.05) is 21.7 Å². The van der Waals surface area contributed by atoms with E-state index in [9.17, 15) is 4.79 Å². The second-order valence-corrected chi connectivity index (χ2v) is 6.64. The summed E-state index contributed by atoms with van der Waals surface area (Å²) in [7, 11) is 0. The molecule has 0 spiro atoms. The van der Waals surface area contributed by atoms with E-state index in [-0.39, 0.29) is 5.91 Å². The van der Waals surface area contributed by atoms with E-state index in [0.717, 1.165) is 34.5 Å². The van der Waals surface area contributed by atoms with Crippen molar-refractivity contribution in [2.75, 3.05) is 6.54 Å². The predicted octanol–water partition coefficient (Wildman–Crippen LogP) is 3.70. The molecule has 0 saturated heterocycles. The number of carbonyl (C=O) groups is 1. The smallest absolute Gasteiger partial charge is 0.246 e. The fraction of sp³-hybridized carbons (Fsp3) is 0.227. The Labute approximate surface area is 159 Å². The van der Waals surface area contributed by atoms with Crippen LogP contribution in [0.25, 0.3) is 22.4 Å². The lowest BCUT2D eigenvalue weighted by molar-refractivity contribution is -0.127. The number of nitrogens with zero attached hydrogens (tertiary/aromatic N) is 4. The summed E-state index contributed by atoms with van der Waals surface area (Å²) in [5, 5.41) is 4.90. The predicted molar refractivity (Wildman–Crippen MR) is 106 cm³/mol. The molecule has 5 nitrogen and oxygen atoms in total. The van der Waals surface area contributed by atoms with Gasteiger partial charge in [0, 0.05) is 30.1 Å². The quantitative estimate of drug-likeness (QED) is 0.668. The van der Waals surface area contributed by atoms with Crippen molar-refractivity contribution >= 4 is 5.91 Å². The second kappa shape index (κ2) is 7.19. The number of amides is 1. The van der Waals surface area contributed by atoms with Gasteiger partial charge < -0.3 is 4.90 Å². The van der Waals surface area contributed by atoms with Gasteiger partial charge in [0.2, 0.25) is 5.91 Å². The molecule has 136 valence electrons. The van der Waals surface area contributed by atoms with E-state index in [1.165, 1.54) is 11.6 Å². The van der Waals surface area contributed by atoms with Gasteiger partial charge in [-0.25, -0.2) is 0 Å². The van der Waals surface area contributed by atoms with Gasteiger partial charge in [-0.05, 0) is 35.8 Å². The van der Waals surface area contributed by atoms with Gasteiger partial charge >= 0.3 is 0 Å². The van der Waals surface area contributed by atoms with Gasteiger partial charge in [0.05, 0.1) is 18.8 Å². The number of aryl methyl sites for hydroxylation is 1. The molecule has 5 heteroatoms. The van der Waals surface area contributed by atoms with Crippen molar-refractivity contribution in [2.24, 2.45) is 0 Å². The second-order valence-electron chi connectivity index (χ2n) is 6.64. The number of aromatic nitrogens is 3. The molecule has 0 fully saturated rings. The van der Waals surface area contributed by atoms with Crippen molar-refractivity contribution in [2.45, 2.75) is 26.4 Å². The highest BCUT2D eigenvalue weighted by Gasteiger charge is 2.27. The van der Waals surface area contributed by atoms with E-state index in [2.05, 4.69) is 42.8 Å². The lowest BCUT2D eigenvalue weighted by atomic mass is 9.98. The zero-order valence-electron chi connectivity index (χ0n) is 15.4. The summed E-state index contributed by atoms with van der Waals surface area (Å²) in [6.07, 6.45) is 5.97. The number of hydrogen-bond acceptors (Lipinski definition) is 3. The Balaban J connectivity index is 1.86. The van der Waals surface area contributed by atoms with Crippen LogP contribution in [0.3, 0.4) is 0 Å². The number of rotatable bonds is 4. The molecule has 1 aliphatic rings. The molecule has 0 saturated carbocycles. The lowest BCUT2D eigenvalue weighted by Crippen LogP contribution is -2.37. The number of hydrogen-bond donors (Lipinski definition) is 0. The van der Waals surface area contributed by atoms with Crippen LogP contribution in [0.15, 0.2) is 61.4 Å². The summed E-state index contributed by atoms with van der Waals surface area (Å²) in [6.45, 7) is 7.62. The minimum atomic E-state index is -0.0445. The molecule has 0 aliphatic carbocycles. The minimum absolute atomic E-state index is 0.0445. The van der Waals surface area contributed by atoms with Crippen molar-refractivity contribution in [1.29, 1.82) is 0 Å². The number of pyridine rings is 1. The van der Waals surface area contributed by atoms with Gasteiger partial charge in [-0.15, -0.1) is 0 Å². The minimum Gasteiger partial charge on any atom is -0.331 e. The molecule has 0 atom stereocenters. The monoisotopic (exact) mass is 358 g/mol. The average molecular weight is 358 g/mol. The first-order valence-electron chi connectivity index (χ1n) is 9.22. The molecule has 2 aromatic heterocycles. The summed E-state index contributed by atoms with van der Waals surface area (Å²) in [5.41, 5.74) is 6.53. The summed E-state index contributed by atoms with van der Waals surface area (Å²) in [5.74, 6) is -0.0445. The van der Waals surface area contributed by atoms with Gasteiger partial charge in [-0.1, -0.05) is 37.8 Å². The SMILES string of the molecule is C=CC(=O)N1CCn2nc(-c3ccc(CC)cc3)c(-c3ccncc3)c2C1. The average Bonchev–Trinajstić information content (AvgIpc) is 3.12. The Morgan fingerprint density at radius 2 is 1.85 bits per heavy atom. The highest BCUT2D eigenvalue weighted by atomic mass is 16.2. The molecule has 1 aromatic carbocycles. The fourth-order valence-corrected chi connectivity index (χ4v) is 3.56. The van der Waals surface area contributed by atoms with Gasteiger partial charge in [0.25, 0.3) is 0 Å². The highest BCUT2D eigenvalue weighted by Crippen LogP contribution is 2.36. The third-order valence-electron chi connectivity index (χ3n) is 5.07. The Morgan fingerprint density at radius 3 is 2.52 bits per heavy atom. The third kappa shape index (κ3) is 3.16. The number of carbonyl (C=O) groups excluding carboxylic acids is 1. The van der Waals surface area contributed by atoms with Crippen LogP contribution in [0, 0.1) is 0 Å². The van der Waals surface area contributed by atoms with Crippen LogP contribution in [-0.2, 0) is 24.3 Å². The molecule has 0 N–H and O–H groups in total. The van der Waals surface area contributed by atoms with Crippen LogP contribution in [-0.4, -0.2) is 32.1 Å². The standard InChI is InChI=1S/C22H22N4O/c1-3-16-5-7-18(8-6-16)22-21(17-9-11-23-12-10-17)19-15-25(20(27)4-2)13-14-26(19)24-22/h4-12H,2-3,13-15H2,1H3. The topological polar surface area (TPSA) is 51.0 Å². The fourth-order valence-electron chi connectivity index (χ4n) is 3.56. The van der Waals surface area contributed by atoms with Gasteiger partial charge in [0.1, 0.15) is 5.69 Å². The summed E-state index contributed by atoms with van der Waals surface area (Å²) in [4.78, 5) is 18.1. The van der Waals surface area contributed by atoms with E-state index >= 15 is 0 Å². The zero-order chi connectivity index (χ0) is 18.8. The maximum Gasteiger partial charge on any atom is 0.246 e. The largest absolute Gasteiger partial charge is 0.331 e.